The Balaban J connectivity index is 2.14. The zero-order valence-electron chi connectivity index (χ0n) is 9.95. The van der Waals surface area contributed by atoms with Crippen LogP contribution in [0.15, 0.2) is 22.8 Å². The second-order valence-corrected chi connectivity index (χ2v) is 5.32. The van der Waals surface area contributed by atoms with Crippen LogP contribution in [0, 0.1) is 5.92 Å². The second-order valence-electron chi connectivity index (χ2n) is 4.47. The highest BCUT2D eigenvalue weighted by Crippen LogP contribution is 2.33. The molecule has 0 aromatic carbocycles. The molecule has 0 saturated carbocycles. The first-order valence-corrected chi connectivity index (χ1v) is 6.65. The number of alkyl halides is 3. The lowest BCUT2D eigenvalue weighted by Gasteiger charge is -2.33. The summed E-state index contributed by atoms with van der Waals surface area (Å²) < 4.78 is 38.6. The predicted molar refractivity (Wildman–Crippen MR) is 66.6 cm³/mol. The molecule has 19 heavy (non-hydrogen) atoms. The number of carbonyl (C=O) groups excluding carboxylic acids is 1. The van der Waals surface area contributed by atoms with Gasteiger partial charge in [-0.2, -0.15) is 13.2 Å². The van der Waals surface area contributed by atoms with E-state index in [0.29, 0.717) is 17.4 Å². The first-order valence-electron chi connectivity index (χ1n) is 5.86. The summed E-state index contributed by atoms with van der Waals surface area (Å²) in [5, 5.41) is 0. The van der Waals surface area contributed by atoms with Gasteiger partial charge in [0.15, 0.2) is 0 Å². The number of aromatic nitrogens is 1. The van der Waals surface area contributed by atoms with E-state index in [4.69, 9.17) is 0 Å². The minimum atomic E-state index is -4.25. The van der Waals surface area contributed by atoms with Gasteiger partial charge < -0.3 is 4.90 Å². The summed E-state index contributed by atoms with van der Waals surface area (Å²) in [6, 6.07) is 3.29. The van der Waals surface area contributed by atoms with Crippen LogP contribution in [-0.2, 0) is 0 Å². The van der Waals surface area contributed by atoms with E-state index in [2.05, 4.69) is 20.9 Å². The van der Waals surface area contributed by atoms with E-state index in [-0.39, 0.29) is 18.7 Å². The number of carbonyl (C=O) groups is 1. The molecule has 1 saturated heterocycles. The molecule has 0 spiro atoms. The fourth-order valence-corrected chi connectivity index (χ4v) is 2.55. The molecule has 1 aliphatic heterocycles. The summed E-state index contributed by atoms with van der Waals surface area (Å²) in [5.41, 5.74) is 0.158. The van der Waals surface area contributed by atoms with E-state index in [1.807, 2.05) is 0 Å². The molecule has 2 heterocycles. The fraction of sp³-hybridized carbons (Fsp3) is 0.500. The minimum Gasteiger partial charge on any atom is -0.337 e. The van der Waals surface area contributed by atoms with Crippen molar-refractivity contribution in [2.45, 2.75) is 19.0 Å². The monoisotopic (exact) mass is 336 g/mol. The molecule has 2 rings (SSSR count). The molecule has 0 N–H and O–H groups in total. The van der Waals surface area contributed by atoms with Crippen LogP contribution in [0.5, 0.6) is 0 Å². The maximum absolute atomic E-state index is 12.7. The van der Waals surface area contributed by atoms with Gasteiger partial charge in [-0.05, 0) is 40.9 Å². The number of piperidine rings is 1. The van der Waals surface area contributed by atoms with Gasteiger partial charge in [0.25, 0.3) is 5.91 Å². The number of nitrogens with zero attached hydrogens (tertiary/aromatic N) is 2. The Morgan fingerprint density at radius 3 is 2.84 bits per heavy atom. The summed E-state index contributed by atoms with van der Waals surface area (Å²) >= 11 is 3.19. The molecule has 7 heteroatoms. The van der Waals surface area contributed by atoms with Crippen LogP contribution in [0.1, 0.15) is 23.3 Å². The van der Waals surface area contributed by atoms with Crippen molar-refractivity contribution in [1.29, 1.82) is 0 Å². The maximum atomic E-state index is 12.7. The quantitative estimate of drug-likeness (QED) is 0.788. The molecule has 1 aromatic rings. The minimum absolute atomic E-state index is 0.0800. The van der Waals surface area contributed by atoms with Crippen LogP contribution in [0.2, 0.25) is 0 Å². The summed E-state index contributed by atoms with van der Waals surface area (Å²) in [6.45, 7) is 0.0553. The van der Waals surface area contributed by atoms with Crippen LogP contribution in [0.4, 0.5) is 13.2 Å². The van der Waals surface area contributed by atoms with Gasteiger partial charge in [-0.3, -0.25) is 4.79 Å². The molecule has 1 aliphatic rings. The van der Waals surface area contributed by atoms with Crippen molar-refractivity contribution in [2.24, 2.45) is 5.92 Å². The van der Waals surface area contributed by atoms with E-state index in [9.17, 15) is 18.0 Å². The standard InChI is InChI=1S/C12H12BrF3N2O/c13-9-4-1-5-17-10(9)11(19)18-6-2-3-8(7-18)12(14,15)16/h1,4-5,8H,2-3,6-7H2. The summed E-state index contributed by atoms with van der Waals surface area (Å²) in [7, 11) is 0. The van der Waals surface area contributed by atoms with Gasteiger partial charge in [0, 0.05) is 23.8 Å². The highest BCUT2D eigenvalue weighted by Gasteiger charge is 2.43. The molecule has 1 fully saturated rings. The highest BCUT2D eigenvalue weighted by molar-refractivity contribution is 9.10. The van der Waals surface area contributed by atoms with Gasteiger partial charge in [0.05, 0.1) is 5.92 Å². The van der Waals surface area contributed by atoms with Crippen LogP contribution in [0.25, 0.3) is 0 Å². The first kappa shape index (κ1) is 14.3. The zero-order chi connectivity index (χ0) is 14.0. The summed E-state index contributed by atoms with van der Waals surface area (Å²) in [6.07, 6.45) is -2.36. The third-order valence-electron chi connectivity index (χ3n) is 3.13. The molecule has 0 bridgehead atoms. The number of hydrogen-bond acceptors (Lipinski definition) is 2. The number of rotatable bonds is 1. The van der Waals surface area contributed by atoms with E-state index in [0.717, 1.165) is 0 Å². The molecular formula is C12H12BrF3N2O. The Morgan fingerprint density at radius 2 is 2.21 bits per heavy atom. The number of halogens is 4. The molecule has 1 atom stereocenters. The SMILES string of the molecule is O=C(c1ncccc1Br)N1CCCC(C(F)(F)F)C1. The molecule has 1 amide bonds. The van der Waals surface area contributed by atoms with Crippen molar-refractivity contribution < 1.29 is 18.0 Å². The van der Waals surface area contributed by atoms with Crippen LogP contribution < -0.4 is 0 Å². The highest BCUT2D eigenvalue weighted by atomic mass is 79.9. The molecular weight excluding hydrogens is 325 g/mol. The van der Waals surface area contributed by atoms with Crippen molar-refractivity contribution in [2.75, 3.05) is 13.1 Å². The lowest BCUT2D eigenvalue weighted by molar-refractivity contribution is -0.184. The molecule has 1 aromatic heterocycles. The van der Waals surface area contributed by atoms with E-state index >= 15 is 0 Å². The molecule has 0 aliphatic carbocycles. The van der Waals surface area contributed by atoms with Crippen LogP contribution >= 0.6 is 15.9 Å². The molecule has 0 radical (unpaired) electrons. The Hall–Kier alpha value is -1.11. The zero-order valence-corrected chi connectivity index (χ0v) is 11.5. The van der Waals surface area contributed by atoms with Gasteiger partial charge in [-0.15, -0.1) is 0 Å². The number of amides is 1. The molecule has 104 valence electrons. The first-order chi connectivity index (χ1) is 8.89. The largest absolute Gasteiger partial charge is 0.393 e. The van der Waals surface area contributed by atoms with Gasteiger partial charge in [-0.25, -0.2) is 4.98 Å². The summed E-state index contributed by atoms with van der Waals surface area (Å²) in [5.74, 6) is -1.89. The van der Waals surface area contributed by atoms with E-state index < -0.39 is 18.0 Å². The van der Waals surface area contributed by atoms with Gasteiger partial charge in [-0.1, -0.05) is 0 Å². The normalized spacial score (nSPS) is 20.4. The third-order valence-corrected chi connectivity index (χ3v) is 3.77. The Morgan fingerprint density at radius 1 is 1.47 bits per heavy atom. The molecule has 1 unspecified atom stereocenters. The maximum Gasteiger partial charge on any atom is 0.393 e. The second kappa shape index (κ2) is 5.48. The van der Waals surface area contributed by atoms with Crippen molar-refractivity contribution in [3.8, 4) is 0 Å². The lowest BCUT2D eigenvalue weighted by Crippen LogP contribution is -2.44. The average Bonchev–Trinajstić information content (AvgIpc) is 2.38. The number of pyridine rings is 1. The van der Waals surface area contributed by atoms with Crippen molar-refractivity contribution >= 4 is 21.8 Å². The predicted octanol–water partition coefficient (Wildman–Crippen LogP) is 3.26. The van der Waals surface area contributed by atoms with E-state index in [1.165, 1.54) is 11.1 Å². The van der Waals surface area contributed by atoms with Crippen LogP contribution in [-0.4, -0.2) is 35.1 Å². The number of hydrogen-bond donors (Lipinski definition) is 0. The average molecular weight is 337 g/mol. The van der Waals surface area contributed by atoms with Crippen molar-refractivity contribution in [3.63, 3.8) is 0 Å². The van der Waals surface area contributed by atoms with Gasteiger partial charge in [0.2, 0.25) is 0 Å². The van der Waals surface area contributed by atoms with Crippen LogP contribution in [0.3, 0.4) is 0 Å². The topological polar surface area (TPSA) is 33.2 Å². The lowest BCUT2D eigenvalue weighted by atomic mass is 9.97. The fourth-order valence-electron chi connectivity index (χ4n) is 2.12. The Bertz CT molecular complexity index is 478. The van der Waals surface area contributed by atoms with E-state index in [1.54, 1.807) is 12.1 Å². The Kier molecular flexibility index (Phi) is 4.13. The Labute approximate surface area is 116 Å². The van der Waals surface area contributed by atoms with Crippen molar-refractivity contribution in [1.82, 2.24) is 9.88 Å². The molecule has 3 nitrogen and oxygen atoms in total. The third kappa shape index (κ3) is 3.26. The van der Waals surface area contributed by atoms with Crippen molar-refractivity contribution in [3.05, 3.63) is 28.5 Å². The van der Waals surface area contributed by atoms with Gasteiger partial charge in [0.1, 0.15) is 5.69 Å². The van der Waals surface area contributed by atoms with Gasteiger partial charge >= 0.3 is 6.18 Å². The number of likely N-dealkylation sites (tertiary alicyclic amines) is 1. The summed E-state index contributed by atoms with van der Waals surface area (Å²) in [4.78, 5) is 17.3. The smallest absolute Gasteiger partial charge is 0.337 e.